The molecule has 2 rings (SSSR count). The topological polar surface area (TPSA) is 0 Å². The summed E-state index contributed by atoms with van der Waals surface area (Å²) >= 11 is 4.46. The van der Waals surface area contributed by atoms with Gasteiger partial charge in [0.1, 0.15) is 5.82 Å². The second kappa shape index (κ2) is 5.80. The van der Waals surface area contributed by atoms with Gasteiger partial charge in [0, 0.05) is 10.6 Å². The van der Waals surface area contributed by atoms with Gasteiger partial charge in [0.25, 0.3) is 0 Å². The van der Waals surface area contributed by atoms with Gasteiger partial charge in [-0.3, -0.25) is 0 Å². The number of hydrogen-bond acceptors (Lipinski definition) is 1. The van der Waals surface area contributed by atoms with Crippen LogP contribution in [-0.2, 0) is 5.75 Å². The molecule has 0 saturated heterocycles. The molecule has 0 heterocycles. The summed E-state index contributed by atoms with van der Waals surface area (Å²) in [4.78, 5) is 0.634. The average Bonchev–Trinajstić information content (AvgIpc) is 2.35. The van der Waals surface area contributed by atoms with Crippen LogP contribution in [0.25, 0.3) is 0 Å². The van der Waals surface area contributed by atoms with E-state index in [1.165, 1.54) is 23.9 Å². The SMILES string of the molecule is Fc1ccc(SCc2ccc(F)c(Br)c2)cc1F. The van der Waals surface area contributed by atoms with Crippen LogP contribution in [0.4, 0.5) is 13.2 Å². The van der Waals surface area contributed by atoms with Crippen LogP contribution in [-0.4, -0.2) is 0 Å². The Labute approximate surface area is 115 Å². The summed E-state index contributed by atoms with van der Waals surface area (Å²) in [5, 5.41) is 0. The molecule has 0 N–H and O–H groups in total. The van der Waals surface area contributed by atoms with Crippen molar-refractivity contribution in [1.29, 1.82) is 0 Å². The van der Waals surface area contributed by atoms with Crippen molar-refractivity contribution < 1.29 is 13.2 Å². The Kier molecular flexibility index (Phi) is 4.35. The number of rotatable bonds is 3. The molecule has 0 nitrogen and oxygen atoms in total. The molecule has 0 aliphatic carbocycles. The summed E-state index contributed by atoms with van der Waals surface area (Å²) in [6.07, 6.45) is 0. The normalized spacial score (nSPS) is 10.7. The first kappa shape index (κ1) is 13.5. The van der Waals surface area contributed by atoms with Gasteiger partial charge in [-0.15, -0.1) is 11.8 Å². The number of thioether (sulfide) groups is 1. The van der Waals surface area contributed by atoms with Crippen LogP contribution in [0.3, 0.4) is 0 Å². The lowest BCUT2D eigenvalue weighted by atomic mass is 10.2. The van der Waals surface area contributed by atoms with Crippen LogP contribution in [0.15, 0.2) is 45.8 Å². The van der Waals surface area contributed by atoms with Crippen molar-refractivity contribution in [3.63, 3.8) is 0 Å². The van der Waals surface area contributed by atoms with Crippen LogP contribution < -0.4 is 0 Å². The Morgan fingerprint density at radius 2 is 1.61 bits per heavy atom. The molecule has 94 valence electrons. The second-order valence-corrected chi connectivity index (χ2v) is 5.52. The molecular formula is C13H8BrF3S. The molecule has 0 amide bonds. The van der Waals surface area contributed by atoms with Crippen molar-refractivity contribution in [3.05, 3.63) is 63.9 Å². The van der Waals surface area contributed by atoms with Gasteiger partial charge in [0.15, 0.2) is 11.6 Å². The standard InChI is InChI=1S/C13H8BrF3S/c14-10-5-8(1-3-11(10)15)7-18-9-2-4-12(16)13(17)6-9/h1-6H,7H2. The molecule has 0 fully saturated rings. The van der Waals surface area contributed by atoms with E-state index >= 15 is 0 Å². The third-order valence-corrected chi connectivity index (χ3v) is 3.95. The molecule has 0 radical (unpaired) electrons. The zero-order valence-electron chi connectivity index (χ0n) is 9.09. The van der Waals surface area contributed by atoms with Crippen LogP contribution in [0.2, 0.25) is 0 Å². The van der Waals surface area contributed by atoms with Crippen LogP contribution in [0, 0.1) is 17.5 Å². The van der Waals surface area contributed by atoms with E-state index in [1.54, 1.807) is 12.1 Å². The van der Waals surface area contributed by atoms with Crippen LogP contribution >= 0.6 is 27.7 Å². The van der Waals surface area contributed by atoms with Crippen molar-refractivity contribution in [2.75, 3.05) is 0 Å². The highest BCUT2D eigenvalue weighted by molar-refractivity contribution is 9.10. The molecule has 0 aromatic heterocycles. The Morgan fingerprint density at radius 1 is 0.889 bits per heavy atom. The van der Waals surface area contributed by atoms with Gasteiger partial charge in [0.2, 0.25) is 0 Å². The van der Waals surface area contributed by atoms with E-state index in [1.807, 2.05) is 0 Å². The summed E-state index contributed by atoms with van der Waals surface area (Å²) < 4.78 is 39.1. The van der Waals surface area contributed by atoms with E-state index in [-0.39, 0.29) is 5.82 Å². The van der Waals surface area contributed by atoms with E-state index < -0.39 is 11.6 Å². The van der Waals surface area contributed by atoms with Crippen LogP contribution in [0.1, 0.15) is 5.56 Å². The molecule has 0 bridgehead atoms. The number of halogens is 4. The summed E-state index contributed by atoms with van der Waals surface area (Å²) in [5.74, 6) is -1.48. The second-order valence-electron chi connectivity index (χ2n) is 3.61. The fraction of sp³-hybridized carbons (Fsp3) is 0.0769. The molecule has 0 spiro atoms. The molecule has 0 saturated carbocycles. The minimum atomic E-state index is -0.861. The molecule has 18 heavy (non-hydrogen) atoms. The number of hydrogen-bond donors (Lipinski definition) is 0. The fourth-order valence-electron chi connectivity index (χ4n) is 1.36. The van der Waals surface area contributed by atoms with Gasteiger partial charge in [0.05, 0.1) is 4.47 Å². The Morgan fingerprint density at radius 3 is 2.28 bits per heavy atom. The highest BCUT2D eigenvalue weighted by Crippen LogP contribution is 2.26. The van der Waals surface area contributed by atoms with Gasteiger partial charge in [-0.1, -0.05) is 6.07 Å². The van der Waals surface area contributed by atoms with E-state index in [2.05, 4.69) is 15.9 Å². The van der Waals surface area contributed by atoms with Gasteiger partial charge >= 0.3 is 0 Å². The summed E-state index contributed by atoms with van der Waals surface area (Å²) in [7, 11) is 0. The lowest BCUT2D eigenvalue weighted by Gasteiger charge is -2.04. The minimum absolute atomic E-state index is 0.323. The van der Waals surface area contributed by atoms with Crippen molar-refractivity contribution in [1.82, 2.24) is 0 Å². The van der Waals surface area contributed by atoms with E-state index in [0.717, 1.165) is 17.7 Å². The average molecular weight is 333 g/mol. The zero-order valence-corrected chi connectivity index (χ0v) is 11.5. The molecule has 0 unspecified atom stereocenters. The van der Waals surface area contributed by atoms with Crippen molar-refractivity contribution in [3.8, 4) is 0 Å². The van der Waals surface area contributed by atoms with E-state index in [4.69, 9.17) is 0 Å². The molecular weight excluding hydrogens is 325 g/mol. The largest absolute Gasteiger partial charge is 0.206 e. The van der Waals surface area contributed by atoms with E-state index in [9.17, 15) is 13.2 Å². The molecule has 0 aliphatic heterocycles. The maximum atomic E-state index is 13.0. The van der Waals surface area contributed by atoms with E-state index in [0.29, 0.717) is 15.1 Å². The molecule has 2 aromatic carbocycles. The lowest BCUT2D eigenvalue weighted by molar-refractivity contribution is 0.506. The quantitative estimate of drug-likeness (QED) is 0.699. The number of benzene rings is 2. The highest BCUT2D eigenvalue weighted by atomic mass is 79.9. The molecule has 0 aliphatic rings. The third-order valence-electron chi connectivity index (χ3n) is 2.28. The third kappa shape index (κ3) is 3.29. The van der Waals surface area contributed by atoms with Crippen molar-refractivity contribution >= 4 is 27.7 Å². The predicted octanol–water partition coefficient (Wildman–Crippen LogP) is 5.16. The van der Waals surface area contributed by atoms with Gasteiger partial charge < -0.3 is 0 Å². The summed E-state index contributed by atoms with van der Waals surface area (Å²) in [5.41, 5.74) is 0.901. The first-order valence-corrected chi connectivity index (χ1v) is 6.86. The van der Waals surface area contributed by atoms with Gasteiger partial charge in [-0.05, 0) is 51.8 Å². The Balaban J connectivity index is 2.06. The Hall–Kier alpha value is -0.940. The smallest absolute Gasteiger partial charge is 0.159 e. The first-order valence-electron chi connectivity index (χ1n) is 5.08. The van der Waals surface area contributed by atoms with Crippen molar-refractivity contribution in [2.24, 2.45) is 0 Å². The lowest BCUT2D eigenvalue weighted by Crippen LogP contribution is -1.86. The maximum absolute atomic E-state index is 13.0. The Bertz CT molecular complexity index is 521. The summed E-state index contributed by atoms with van der Waals surface area (Å²) in [6, 6.07) is 8.46. The zero-order chi connectivity index (χ0) is 13.1. The minimum Gasteiger partial charge on any atom is -0.206 e. The van der Waals surface area contributed by atoms with Gasteiger partial charge in [-0.25, -0.2) is 13.2 Å². The predicted molar refractivity (Wildman–Crippen MR) is 70.0 cm³/mol. The molecule has 2 aromatic rings. The van der Waals surface area contributed by atoms with Crippen molar-refractivity contribution in [2.45, 2.75) is 10.6 Å². The fourth-order valence-corrected chi connectivity index (χ4v) is 2.65. The van der Waals surface area contributed by atoms with Crippen LogP contribution in [0.5, 0.6) is 0 Å². The monoisotopic (exact) mass is 332 g/mol. The first-order chi connectivity index (χ1) is 8.56. The summed E-state index contributed by atoms with van der Waals surface area (Å²) in [6.45, 7) is 0. The highest BCUT2D eigenvalue weighted by Gasteiger charge is 2.04. The maximum Gasteiger partial charge on any atom is 0.159 e. The van der Waals surface area contributed by atoms with Gasteiger partial charge in [-0.2, -0.15) is 0 Å². The molecule has 5 heteroatoms. The molecule has 0 atom stereocenters.